The number of rotatable bonds is 2. The van der Waals surface area contributed by atoms with E-state index in [1.807, 2.05) is 0 Å². The summed E-state index contributed by atoms with van der Waals surface area (Å²) in [6.45, 7) is 0. The number of H-pyrrole nitrogens is 1. The molecule has 1 aliphatic rings. The van der Waals surface area contributed by atoms with E-state index in [0.717, 1.165) is 25.7 Å². The van der Waals surface area contributed by atoms with Gasteiger partial charge in [-0.2, -0.15) is 0 Å². The zero-order valence-electron chi connectivity index (χ0n) is 9.66. The van der Waals surface area contributed by atoms with Gasteiger partial charge in [-0.25, -0.2) is 4.79 Å². The molecule has 0 aromatic carbocycles. The van der Waals surface area contributed by atoms with Crippen molar-refractivity contribution in [3.8, 4) is 0 Å². The Morgan fingerprint density at radius 1 is 1.29 bits per heavy atom. The predicted molar refractivity (Wildman–Crippen MR) is 66.1 cm³/mol. The van der Waals surface area contributed by atoms with E-state index in [-0.39, 0.29) is 23.3 Å². The fourth-order valence-electron chi connectivity index (χ4n) is 2.11. The Kier molecular flexibility index (Phi) is 3.80. The van der Waals surface area contributed by atoms with Crippen molar-refractivity contribution >= 4 is 11.7 Å². The fraction of sp³-hybridized carbons (Fsp3) is 0.500. The maximum absolute atomic E-state index is 11.7. The highest BCUT2D eigenvalue weighted by Gasteiger charge is 2.15. The zero-order valence-corrected chi connectivity index (χ0v) is 9.66. The quantitative estimate of drug-likeness (QED) is 0.731. The molecule has 0 aliphatic heterocycles. The van der Waals surface area contributed by atoms with Crippen molar-refractivity contribution in [3.05, 3.63) is 28.7 Å². The summed E-state index contributed by atoms with van der Waals surface area (Å²) in [4.78, 5) is 25.5. The van der Waals surface area contributed by atoms with Crippen LogP contribution in [0.1, 0.15) is 32.1 Å². The lowest BCUT2D eigenvalue weighted by atomic mass is 9.96. The van der Waals surface area contributed by atoms with Crippen molar-refractivity contribution in [1.29, 1.82) is 0 Å². The molecule has 1 aromatic rings. The molecule has 1 saturated carbocycles. The number of anilines is 1. The van der Waals surface area contributed by atoms with Crippen molar-refractivity contribution in [3.63, 3.8) is 0 Å². The van der Waals surface area contributed by atoms with Crippen LogP contribution in [0.2, 0.25) is 0 Å². The summed E-state index contributed by atoms with van der Waals surface area (Å²) >= 11 is 0. The molecule has 5 nitrogen and oxygen atoms in total. The Morgan fingerprint density at radius 2 is 2.06 bits per heavy atom. The molecule has 2 amide bonds. The highest BCUT2D eigenvalue weighted by molar-refractivity contribution is 5.89. The van der Waals surface area contributed by atoms with Crippen molar-refractivity contribution in [2.24, 2.45) is 0 Å². The van der Waals surface area contributed by atoms with Crippen LogP contribution >= 0.6 is 0 Å². The van der Waals surface area contributed by atoms with Crippen LogP contribution in [0, 0.1) is 0 Å². The van der Waals surface area contributed by atoms with Gasteiger partial charge in [0.05, 0.1) is 0 Å². The monoisotopic (exact) mass is 235 g/mol. The minimum absolute atomic E-state index is 0.242. The number of hydrogen-bond donors (Lipinski definition) is 3. The van der Waals surface area contributed by atoms with Crippen molar-refractivity contribution in [2.75, 3.05) is 5.32 Å². The summed E-state index contributed by atoms with van der Waals surface area (Å²) in [6, 6.07) is 3.21. The van der Waals surface area contributed by atoms with E-state index in [0.29, 0.717) is 0 Å². The predicted octanol–water partition coefficient (Wildman–Crippen LogP) is 1.83. The van der Waals surface area contributed by atoms with Crippen LogP contribution in [0.4, 0.5) is 10.5 Å². The van der Waals surface area contributed by atoms with Crippen molar-refractivity contribution in [1.82, 2.24) is 10.3 Å². The number of urea groups is 1. The minimum atomic E-state index is -0.298. The molecule has 1 aliphatic carbocycles. The molecule has 17 heavy (non-hydrogen) atoms. The normalized spacial score (nSPS) is 16.5. The van der Waals surface area contributed by atoms with Gasteiger partial charge in [0, 0.05) is 12.2 Å². The fourth-order valence-corrected chi connectivity index (χ4v) is 2.11. The molecule has 0 unspecified atom stereocenters. The molecule has 0 bridgehead atoms. The minimum Gasteiger partial charge on any atom is -0.335 e. The van der Waals surface area contributed by atoms with Crippen LogP contribution in [0.3, 0.4) is 0 Å². The number of aromatic nitrogens is 1. The molecule has 5 heteroatoms. The van der Waals surface area contributed by atoms with Crippen LogP contribution in [-0.4, -0.2) is 17.1 Å². The van der Waals surface area contributed by atoms with Crippen LogP contribution in [0.25, 0.3) is 0 Å². The maximum atomic E-state index is 11.7. The number of amides is 2. The summed E-state index contributed by atoms with van der Waals surface area (Å²) in [5.41, 5.74) is -0.00731. The van der Waals surface area contributed by atoms with Gasteiger partial charge < -0.3 is 15.6 Å². The molecule has 0 radical (unpaired) electrons. The highest BCUT2D eigenvalue weighted by atomic mass is 16.2. The first-order valence-electron chi connectivity index (χ1n) is 6.01. The number of carbonyl (C=O) groups is 1. The van der Waals surface area contributed by atoms with Gasteiger partial charge in [-0.05, 0) is 25.0 Å². The summed E-state index contributed by atoms with van der Waals surface area (Å²) in [5.74, 6) is 0. The topological polar surface area (TPSA) is 74.0 Å². The van der Waals surface area contributed by atoms with Crippen molar-refractivity contribution in [2.45, 2.75) is 38.1 Å². The third-order valence-corrected chi connectivity index (χ3v) is 3.01. The van der Waals surface area contributed by atoms with Gasteiger partial charge in [-0.1, -0.05) is 19.3 Å². The average molecular weight is 235 g/mol. The van der Waals surface area contributed by atoms with Gasteiger partial charge in [0.2, 0.25) is 0 Å². The summed E-state index contributed by atoms with van der Waals surface area (Å²) in [6.07, 6.45) is 7.16. The van der Waals surface area contributed by atoms with E-state index in [1.165, 1.54) is 12.6 Å². The first-order chi connectivity index (χ1) is 8.25. The molecule has 1 fully saturated rings. The number of carbonyl (C=O) groups excluding carboxylic acids is 1. The van der Waals surface area contributed by atoms with E-state index >= 15 is 0 Å². The second-order valence-electron chi connectivity index (χ2n) is 4.35. The standard InChI is InChI=1S/C12H17N3O2/c16-11-10(7-4-8-13-11)15-12(17)14-9-5-2-1-3-6-9/h4,7-9H,1-3,5-6H2,(H,13,16)(H2,14,15,17). The van der Waals surface area contributed by atoms with Gasteiger partial charge in [0.25, 0.3) is 5.56 Å². The first-order valence-corrected chi connectivity index (χ1v) is 6.01. The van der Waals surface area contributed by atoms with E-state index < -0.39 is 0 Å². The molecule has 3 N–H and O–H groups in total. The van der Waals surface area contributed by atoms with E-state index in [2.05, 4.69) is 15.6 Å². The van der Waals surface area contributed by atoms with Crippen LogP contribution in [0.15, 0.2) is 23.1 Å². The van der Waals surface area contributed by atoms with Crippen LogP contribution in [-0.2, 0) is 0 Å². The molecule has 0 spiro atoms. The zero-order chi connectivity index (χ0) is 12.1. The largest absolute Gasteiger partial charge is 0.335 e. The SMILES string of the molecule is O=C(Nc1ccc[nH]c1=O)NC1CCCCC1. The number of nitrogens with one attached hydrogen (secondary N) is 3. The van der Waals surface area contributed by atoms with Gasteiger partial charge in [-0.15, -0.1) is 0 Å². The van der Waals surface area contributed by atoms with Crippen LogP contribution in [0.5, 0.6) is 0 Å². The maximum Gasteiger partial charge on any atom is 0.319 e. The van der Waals surface area contributed by atoms with E-state index in [1.54, 1.807) is 12.1 Å². The smallest absolute Gasteiger partial charge is 0.319 e. The molecular weight excluding hydrogens is 218 g/mol. The van der Waals surface area contributed by atoms with Crippen LogP contribution < -0.4 is 16.2 Å². The number of pyridine rings is 1. The molecule has 2 rings (SSSR count). The lowest BCUT2D eigenvalue weighted by molar-refractivity contribution is 0.244. The Labute approximate surface area is 99.6 Å². The summed E-state index contributed by atoms with van der Waals surface area (Å²) < 4.78 is 0. The van der Waals surface area contributed by atoms with Gasteiger partial charge >= 0.3 is 6.03 Å². The van der Waals surface area contributed by atoms with Crippen molar-refractivity contribution < 1.29 is 4.79 Å². The molecule has 92 valence electrons. The molecule has 0 saturated heterocycles. The Balaban J connectivity index is 1.89. The van der Waals surface area contributed by atoms with Gasteiger partial charge in [-0.3, -0.25) is 4.79 Å². The number of hydrogen-bond acceptors (Lipinski definition) is 2. The Bertz CT molecular complexity index is 435. The van der Waals surface area contributed by atoms with Gasteiger partial charge in [0.15, 0.2) is 0 Å². The highest BCUT2D eigenvalue weighted by Crippen LogP contribution is 2.17. The third kappa shape index (κ3) is 3.34. The Hall–Kier alpha value is -1.78. The molecule has 0 atom stereocenters. The Morgan fingerprint density at radius 3 is 2.76 bits per heavy atom. The average Bonchev–Trinajstić information content (AvgIpc) is 2.33. The van der Waals surface area contributed by atoms with Gasteiger partial charge in [0.1, 0.15) is 5.69 Å². The third-order valence-electron chi connectivity index (χ3n) is 3.01. The molecular formula is C12H17N3O2. The second kappa shape index (κ2) is 5.52. The molecule has 1 aromatic heterocycles. The lowest BCUT2D eigenvalue weighted by Crippen LogP contribution is -2.39. The lowest BCUT2D eigenvalue weighted by Gasteiger charge is -2.22. The second-order valence-corrected chi connectivity index (χ2v) is 4.35. The first kappa shape index (κ1) is 11.7. The van der Waals surface area contributed by atoms with E-state index in [4.69, 9.17) is 0 Å². The summed E-state index contributed by atoms with van der Waals surface area (Å²) in [5, 5.41) is 5.46. The molecule has 1 heterocycles. The van der Waals surface area contributed by atoms with E-state index in [9.17, 15) is 9.59 Å². The summed E-state index contributed by atoms with van der Waals surface area (Å²) in [7, 11) is 0. The number of aromatic amines is 1.